The Balaban J connectivity index is 0.000000574. The number of anilines is 1. The number of hydrogen-bond acceptors (Lipinski definition) is 2. The van der Waals surface area contributed by atoms with Crippen LogP contribution in [-0.2, 0) is 0 Å². The lowest BCUT2D eigenvalue weighted by molar-refractivity contribution is 0.317. The van der Waals surface area contributed by atoms with Crippen molar-refractivity contribution in [3.63, 3.8) is 0 Å². The van der Waals surface area contributed by atoms with Crippen molar-refractivity contribution in [3.05, 3.63) is 29.8 Å². The molecule has 2 heterocycles. The molecule has 2 fully saturated rings. The first-order valence-electron chi connectivity index (χ1n) is 7.40. The van der Waals surface area contributed by atoms with Crippen molar-refractivity contribution in [3.8, 4) is 0 Å². The van der Waals surface area contributed by atoms with Gasteiger partial charge in [-0.15, -0.1) is 0 Å². The molecule has 100 valence electrons. The fraction of sp³-hybridized carbons (Fsp3) is 0.625. The van der Waals surface area contributed by atoms with E-state index in [9.17, 15) is 0 Å². The molecule has 0 aliphatic carbocycles. The van der Waals surface area contributed by atoms with E-state index in [1.807, 2.05) is 13.8 Å². The van der Waals surface area contributed by atoms with E-state index in [4.69, 9.17) is 0 Å². The maximum Gasteiger partial charge on any atom is 0.0414 e. The molecular formula is C16H26N2. The van der Waals surface area contributed by atoms with Crippen molar-refractivity contribution in [1.82, 2.24) is 4.90 Å². The third kappa shape index (κ3) is 2.54. The van der Waals surface area contributed by atoms with E-state index in [-0.39, 0.29) is 0 Å². The van der Waals surface area contributed by atoms with Gasteiger partial charge in [0.2, 0.25) is 0 Å². The third-order valence-electron chi connectivity index (χ3n) is 4.01. The van der Waals surface area contributed by atoms with E-state index < -0.39 is 0 Å². The lowest BCUT2D eigenvalue weighted by Crippen LogP contribution is -2.38. The molecule has 2 nitrogen and oxygen atoms in total. The van der Waals surface area contributed by atoms with Gasteiger partial charge in [-0.2, -0.15) is 0 Å². The minimum atomic E-state index is 0.650. The SMILES string of the molecule is CC.CN1CCCC1c1ccccc1N1CCC1. The molecule has 0 spiro atoms. The third-order valence-corrected chi connectivity index (χ3v) is 4.01. The molecule has 0 amide bonds. The van der Waals surface area contributed by atoms with Crippen LogP contribution in [0.15, 0.2) is 24.3 Å². The molecule has 2 saturated heterocycles. The average molecular weight is 246 g/mol. The Morgan fingerprint density at radius 3 is 2.28 bits per heavy atom. The van der Waals surface area contributed by atoms with Crippen LogP contribution in [-0.4, -0.2) is 31.6 Å². The van der Waals surface area contributed by atoms with Crippen LogP contribution in [0.1, 0.15) is 44.7 Å². The Labute approximate surface area is 112 Å². The van der Waals surface area contributed by atoms with Crippen LogP contribution < -0.4 is 4.90 Å². The number of nitrogens with zero attached hydrogens (tertiary/aromatic N) is 2. The van der Waals surface area contributed by atoms with Crippen LogP contribution in [0.25, 0.3) is 0 Å². The highest BCUT2D eigenvalue weighted by molar-refractivity contribution is 5.56. The zero-order chi connectivity index (χ0) is 13.0. The summed E-state index contributed by atoms with van der Waals surface area (Å²) < 4.78 is 0. The number of benzene rings is 1. The molecule has 18 heavy (non-hydrogen) atoms. The van der Waals surface area contributed by atoms with Gasteiger partial charge in [0.25, 0.3) is 0 Å². The molecule has 2 aliphatic heterocycles. The number of hydrogen-bond donors (Lipinski definition) is 0. The Hall–Kier alpha value is -1.02. The van der Waals surface area contributed by atoms with Gasteiger partial charge in [0.05, 0.1) is 0 Å². The lowest BCUT2D eigenvalue weighted by Gasteiger charge is -2.36. The van der Waals surface area contributed by atoms with Crippen LogP contribution in [0.5, 0.6) is 0 Å². The van der Waals surface area contributed by atoms with Crippen LogP contribution in [0.4, 0.5) is 5.69 Å². The van der Waals surface area contributed by atoms with E-state index in [1.54, 1.807) is 5.56 Å². The van der Waals surface area contributed by atoms with Gasteiger partial charge in [0.15, 0.2) is 0 Å². The van der Waals surface area contributed by atoms with Gasteiger partial charge in [-0.1, -0.05) is 32.0 Å². The van der Waals surface area contributed by atoms with Crippen molar-refractivity contribution >= 4 is 5.69 Å². The predicted octanol–water partition coefficient (Wildman–Crippen LogP) is 3.69. The molecule has 0 saturated carbocycles. The molecular weight excluding hydrogens is 220 g/mol. The highest BCUT2D eigenvalue weighted by atomic mass is 15.2. The van der Waals surface area contributed by atoms with Crippen molar-refractivity contribution in [2.75, 3.05) is 31.6 Å². The maximum absolute atomic E-state index is 2.52. The molecule has 0 radical (unpaired) electrons. The topological polar surface area (TPSA) is 6.48 Å². The van der Waals surface area contributed by atoms with Gasteiger partial charge >= 0.3 is 0 Å². The summed E-state index contributed by atoms with van der Waals surface area (Å²) in [6, 6.07) is 9.62. The first kappa shape index (κ1) is 13.4. The zero-order valence-corrected chi connectivity index (χ0v) is 12.0. The lowest BCUT2D eigenvalue weighted by atomic mass is 10.00. The summed E-state index contributed by atoms with van der Waals surface area (Å²) in [5.74, 6) is 0. The van der Waals surface area contributed by atoms with Crippen molar-refractivity contribution in [1.29, 1.82) is 0 Å². The summed E-state index contributed by atoms with van der Waals surface area (Å²) in [5.41, 5.74) is 3.02. The first-order chi connectivity index (χ1) is 8.86. The van der Waals surface area contributed by atoms with Crippen LogP contribution in [0.3, 0.4) is 0 Å². The van der Waals surface area contributed by atoms with E-state index >= 15 is 0 Å². The molecule has 2 aliphatic rings. The summed E-state index contributed by atoms with van der Waals surface area (Å²) in [6.45, 7) is 7.74. The summed E-state index contributed by atoms with van der Waals surface area (Å²) in [7, 11) is 2.25. The quantitative estimate of drug-likeness (QED) is 0.785. The fourth-order valence-corrected chi connectivity index (χ4v) is 2.92. The molecule has 0 N–H and O–H groups in total. The normalized spacial score (nSPS) is 23.3. The molecule has 0 bridgehead atoms. The second kappa shape index (κ2) is 6.24. The Kier molecular flexibility index (Phi) is 4.65. The molecule has 0 aromatic heterocycles. The van der Waals surface area contributed by atoms with E-state index in [0.717, 1.165) is 0 Å². The predicted molar refractivity (Wildman–Crippen MR) is 79.2 cm³/mol. The number of likely N-dealkylation sites (tertiary alicyclic amines) is 1. The van der Waals surface area contributed by atoms with Gasteiger partial charge < -0.3 is 4.90 Å². The maximum atomic E-state index is 2.52. The first-order valence-corrected chi connectivity index (χ1v) is 7.40. The van der Waals surface area contributed by atoms with Gasteiger partial charge in [0, 0.05) is 24.8 Å². The van der Waals surface area contributed by atoms with Crippen LogP contribution in [0.2, 0.25) is 0 Å². The number of para-hydroxylation sites is 1. The summed E-state index contributed by atoms with van der Waals surface area (Å²) >= 11 is 0. The van der Waals surface area contributed by atoms with Gasteiger partial charge in [-0.05, 0) is 44.5 Å². The van der Waals surface area contributed by atoms with Gasteiger partial charge in [-0.3, -0.25) is 4.90 Å². The smallest absolute Gasteiger partial charge is 0.0414 e. The van der Waals surface area contributed by atoms with Gasteiger partial charge in [0.1, 0.15) is 0 Å². The molecule has 1 aromatic carbocycles. The minimum absolute atomic E-state index is 0.650. The van der Waals surface area contributed by atoms with Crippen LogP contribution >= 0.6 is 0 Å². The highest BCUT2D eigenvalue weighted by Gasteiger charge is 2.27. The molecule has 1 aromatic rings. The number of rotatable bonds is 2. The van der Waals surface area contributed by atoms with Crippen LogP contribution in [0, 0.1) is 0 Å². The Morgan fingerprint density at radius 2 is 1.72 bits per heavy atom. The molecule has 1 atom stereocenters. The monoisotopic (exact) mass is 246 g/mol. The largest absolute Gasteiger partial charge is 0.371 e. The van der Waals surface area contributed by atoms with Gasteiger partial charge in [-0.25, -0.2) is 0 Å². The Morgan fingerprint density at radius 1 is 1.00 bits per heavy atom. The summed E-state index contributed by atoms with van der Waals surface area (Å²) in [5, 5.41) is 0. The van der Waals surface area contributed by atoms with E-state index in [0.29, 0.717) is 6.04 Å². The minimum Gasteiger partial charge on any atom is -0.371 e. The molecule has 2 heteroatoms. The van der Waals surface area contributed by atoms with Crippen molar-refractivity contribution in [2.24, 2.45) is 0 Å². The standard InChI is InChI=1S/C14H20N2.C2H6/c1-15-9-4-8-13(15)12-6-2-3-7-14(12)16-10-5-11-16;1-2/h2-3,6-7,13H,4-5,8-11H2,1H3;1-2H3. The van der Waals surface area contributed by atoms with Crippen molar-refractivity contribution in [2.45, 2.75) is 39.2 Å². The van der Waals surface area contributed by atoms with E-state index in [1.165, 1.54) is 44.6 Å². The summed E-state index contributed by atoms with van der Waals surface area (Å²) in [4.78, 5) is 5.01. The second-order valence-electron chi connectivity index (χ2n) is 5.04. The van der Waals surface area contributed by atoms with E-state index in [2.05, 4.69) is 41.1 Å². The Bertz CT molecular complexity index is 371. The summed E-state index contributed by atoms with van der Waals surface area (Å²) in [6.07, 6.45) is 4.02. The zero-order valence-electron chi connectivity index (χ0n) is 12.0. The average Bonchev–Trinajstić information content (AvgIpc) is 2.77. The molecule has 3 rings (SSSR count). The molecule has 1 unspecified atom stereocenters. The highest BCUT2D eigenvalue weighted by Crippen LogP contribution is 2.37. The second-order valence-corrected chi connectivity index (χ2v) is 5.04. The fourth-order valence-electron chi connectivity index (χ4n) is 2.92. The van der Waals surface area contributed by atoms with Crippen molar-refractivity contribution < 1.29 is 0 Å².